The summed E-state index contributed by atoms with van der Waals surface area (Å²) in [4.78, 5) is 4.44. The zero-order valence-electron chi connectivity index (χ0n) is 13.8. The van der Waals surface area contributed by atoms with E-state index in [1.54, 1.807) is 0 Å². The monoisotopic (exact) mass is 288 g/mol. The fourth-order valence-corrected chi connectivity index (χ4v) is 4.44. The number of hydrogen-bond acceptors (Lipinski definition) is 3. The third-order valence-electron chi connectivity index (χ3n) is 6.34. The van der Waals surface area contributed by atoms with Crippen molar-refractivity contribution in [2.24, 2.45) is 16.7 Å². The Bertz CT molecular complexity index is 514. The lowest BCUT2D eigenvalue weighted by Gasteiger charge is -2.38. The second-order valence-electron chi connectivity index (χ2n) is 7.48. The van der Waals surface area contributed by atoms with Gasteiger partial charge in [-0.1, -0.05) is 20.8 Å². The molecule has 3 atom stereocenters. The van der Waals surface area contributed by atoms with Crippen LogP contribution in [0.15, 0.2) is 18.3 Å². The maximum absolute atomic E-state index is 6.30. The molecule has 1 aromatic rings. The number of rotatable bonds is 5. The maximum atomic E-state index is 6.30. The van der Waals surface area contributed by atoms with Crippen LogP contribution in [-0.4, -0.2) is 17.6 Å². The standard InChI is InChI=1S/C18H28N2O/c1-5-19-14-7-9-20-15(11-14)12-21-16-10-13-6-8-18(16,4)17(13,2)3/h7,9,11,13,16H,5-6,8,10,12H2,1-4H3,(H,19,20). The van der Waals surface area contributed by atoms with Crippen molar-refractivity contribution in [2.75, 3.05) is 11.9 Å². The SMILES string of the molecule is CCNc1ccnc(COC2CC3CCC2(C)C3(C)C)c1. The van der Waals surface area contributed by atoms with Crippen LogP contribution in [-0.2, 0) is 11.3 Å². The van der Waals surface area contributed by atoms with Crippen LogP contribution in [0.4, 0.5) is 5.69 Å². The van der Waals surface area contributed by atoms with Crippen molar-refractivity contribution in [3.63, 3.8) is 0 Å². The number of pyridine rings is 1. The molecule has 0 saturated heterocycles. The normalized spacial score (nSPS) is 33.3. The Balaban J connectivity index is 1.65. The van der Waals surface area contributed by atoms with Crippen molar-refractivity contribution in [1.29, 1.82) is 0 Å². The summed E-state index contributed by atoms with van der Waals surface area (Å²) in [6.45, 7) is 10.9. The van der Waals surface area contributed by atoms with Crippen molar-refractivity contribution in [1.82, 2.24) is 4.98 Å². The minimum atomic E-state index is 0.330. The number of fused-ring (bicyclic) bond motifs is 2. The largest absolute Gasteiger partial charge is 0.385 e. The third kappa shape index (κ3) is 2.36. The molecule has 2 bridgehead atoms. The van der Waals surface area contributed by atoms with Gasteiger partial charge in [-0.3, -0.25) is 4.98 Å². The molecule has 0 aliphatic heterocycles. The molecule has 0 spiro atoms. The van der Waals surface area contributed by atoms with Crippen molar-refractivity contribution >= 4 is 5.69 Å². The number of nitrogens with zero attached hydrogens (tertiary/aromatic N) is 1. The molecule has 0 radical (unpaired) electrons. The topological polar surface area (TPSA) is 34.2 Å². The van der Waals surface area contributed by atoms with Crippen LogP contribution in [0.1, 0.15) is 52.7 Å². The molecule has 2 aliphatic carbocycles. The molecule has 2 fully saturated rings. The van der Waals surface area contributed by atoms with E-state index in [2.05, 4.69) is 44.1 Å². The number of aromatic nitrogens is 1. The first-order chi connectivity index (χ1) is 9.97. The molecule has 1 heterocycles. The summed E-state index contributed by atoms with van der Waals surface area (Å²) < 4.78 is 6.30. The van der Waals surface area contributed by atoms with Crippen LogP contribution in [0.5, 0.6) is 0 Å². The first-order valence-electron chi connectivity index (χ1n) is 8.28. The minimum Gasteiger partial charge on any atom is -0.385 e. The van der Waals surface area contributed by atoms with Crippen LogP contribution in [0.2, 0.25) is 0 Å². The second-order valence-corrected chi connectivity index (χ2v) is 7.48. The molecule has 1 N–H and O–H groups in total. The molecule has 21 heavy (non-hydrogen) atoms. The quantitative estimate of drug-likeness (QED) is 0.879. The van der Waals surface area contributed by atoms with Gasteiger partial charge < -0.3 is 10.1 Å². The van der Waals surface area contributed by atoms with Gasteiger partial charge in [0.05, 0.1) is 18.4 Å². The molecular weight excluding hydrogens is 260 g/mol. The van der Waals surface area contributed by atoms with E-state index in [9.17, 15) is 0 Å². The number of hydrogen-bond donors (Lipinski definition) is 1. The summed E-state index contributed by atoms with van der Waals surface area (Å²) in [5.41, 5.74) is 2.90. The summed E-state index contributed by atoms with van der Waals surface area (Å²) in [6, 6.07) is 4.11. The highest BCUT2D eigenvalue weighted by atomic mass is 16.5. The van der Waals surface area contributed by atoms with Gasteiger partial charge in [0, 0.05) is 18.4 Å². The van der Waals surface area contributed by atoms with Gasteiger partial charge in [-0.05, 0) is 55.1 Å². The first-order valence-corrected chi connectivity index (χ1v) is 8.28. The molecule has 0 amide bonds. The number of nitrogens with one attached hydrogen (secondary N) is 1. The van der Waals surface area contributed by atoms with E-state index in [-0.39, 0.29) is 0 Å². The van der Waals surface area contributed by atoms with Gasteiger partial charge in [0.25, 0.3) is 0 Å². The minimum absolute atomic E-state index is 0.330. The lowest BCUT2D eigenvalue weighted by Crippen LogP contribution is -2.37. The fraction of sp³-hybridized carbons (Fsp3) is 0.722. The molecule has 116 valence electrons. The van der Waals surface area contributed by atoms with Crippen LogP contribution < -0.4 is 5.32 Å². The lowest BCUT2D eigenvalue weighted by atomic mass is 9.70. The van der Waals surface area contributed by atoms with Crippen LogP contribution >= 0.6 is 0 Å². The van der Waals surface area contributed by atoms with E-state index >= 15 is 0 Å². The van der Waals surface area contributed by atoms with Gasteiger partial charge in [0.1, 0.15) is 0 Å². The Morgan fingerprint density at radius 3 is 2.81 bits per heavy atom. The van der Waals surface area contributed by atoms with E-state index in [0.717, 1.165) is 23.8 Å². The lowest BCUT2D eigenvalue weighted by molar-refractivity contribution is -0.0560. The molecule has 3 heteroatoms. The van der Waals surface area contributed by atoms with Crippen molar-refractivity contribution in [2.45, 2.75) is 59.7 Å². The summed E-state index contributed by atoms with van der Waals surface area (Å²) in [7, 11) is 0. The Morgan fingerprint density at radius 1 is 1.38 bits per heavy atom. The van der Waals surface area contributed by atoms with Gasteiger partial charge in [0.2, 0.25) is 0 Å². The molecule has 1 aromatic heterocycles. The van der Waals surface area contributed by atoms with E-state index in [1.165, 1.54) is 19.3 Å². The van der Waals surface area contributed by atoms with Crippen molar-refractivity contribution < 1.29 is 4.74 Å². The van der Waals surface area contributed by atoms with Gasteiger partial charge in [-0.15, -0.1) is 0 Å². The Labute approximate surface area is 128 Å². The zero-order chi connectivity index (χ0) is 15.1. The Kier molecular flexibility index (Phi) is 3.73. The zero-order valence-corrected chi connectivity index (χ0v) is 13.8. The van der Waals surface area contributed by atoms with Crippen LogP contribution in [0.3, 0.4) is 0 Å². The summed E-state index contributed by atoms with van der Waals surface area (Å²) >= 11 is 0. The number of ether oxygens (including phenoxy) is 1. The second kappa shape index (κ2) is 5.28. The molecule has 3 unspecified atom stereocenters. The van der Waals surface area contributed by atoms with E-state index < -0.39 is 0 Å². The summed E-state index contributed by atoms with van der Waals surface area (Å²) in [5.74, 6) is 0.827. The third-order valence-corrected chi connectivity index (χ3v) is 6.34. The van der Waals surface area contributed by atoms with Gasteiger partial charge in [0.15, 0.2) is 0 Å². The highest BCUT2D eigenvalue weighted by Crippen LogP contribution is 2.66. The average Bonchev–Trinajstić information content (AvgIpc) is 2.79. The van der Waals surface area contributed by atoms with E-state index in [4.69, 9.17) is 4.74 Å². The average molecular weight is 288 g/mol. The molecule has 2 aliphatic rings. The summed E-state index contributed by atoms with van der Waals surface area (Å²) in [6.07, 6.45) is 6.15. The Morgan fingerprint density at radius 2 is 2.19 bits per heavy atom. The molecule has 0 aromatic carbocycles. The fourth-order valence-electron chi connectivity index (χ4n) is 4.44. The predicted molar refractivity (Wildman–Crippen MR) is 86.2 cm³/mol. The van der Waals surface area contributed by atoms with E-state index in [0.29, 0.717) is 23.5 Å². The van der Waals surface area contributed by atoms with Gasteiger partial charge >= 0.3 is 0 Å². The smallest absolute Gasteiger partial charge is 0.0892 e. The first kappa shape index (κ1) is 14.8. The van der Waals surface area contributed by atoms with Crippen molar-refractivity contribution in [3.8, 4) is 0 Å². The van der Waals surface area contributed by atoms with Gasteiger partial charge in [-0.2, -0.15) is 0 Å². The highest BCUT2D eigenvalue weighted by molar-refractivity contribution is 5.42. The maximum Gasteiger partial charge on any atom is 0.0892 e. The summed E-state index contributed by atoms with van der Waals surface area (Å²) in [5, 5.41) is 3.33. The van der Waals surface area contributed by atoms with Crippen molar-refractivity contribution in [3.05, 3.63) is 24.0 Å². The number of anilines is 1. The molecular formula is C18H28N2O. The molecule has 3 rings (SSSR count). The molecule has 3 nitrogen and oxygen atoms in total. The predicted octanol–water partition coefficient (Wildman–Crippen LogP) is 4.24. The highest BCUT2D eigenvalue weighted by Gasteiger charge is 2.61. The van der Waals surface area contributed by atoms with Crippen LogP contribution in [0.25, 0.3) is 0 Å². The molecule has 2 saturated carbocycles. The van der Waals surface area contributed by atoms with Crippen LogP contribution in [0, 0.1) is 16.7 Å². The Hall–Kier alpha value is -1.09. The van der Waals surface area contributed by atoms with E-state index in [1.807, 2.05) is 12.3 Å². The van der Waals surface area contributed by atoms with Gasteiger partial charge in [-0.25, -0.2) is 0 Å².